The second kappa shape index (κ2) is 11.7. The minimum Gasteiger partial charge on any atom is -0.345 e. The van der Waals surface area contributed by atoms with Gasteiger partial charge >= 0.3 is 0 Å². The Kier molecular flexibility index (Phi) is 8.68. The molecule has 0 bridgehead atoms. The molecular weight excluding hydrogens is 458 g/mol. The highest BCUT2D eigenvalue weighted by Crippen LogP contribution is 2.20. The SMILES string of the molecule is C=CCn1c(CNC(=O)c2cccc(Cl)c2)nnc1SCC(=O)Nc1ccc(C(C)C)cc1. The van der Waals surface area contributed by atoms with Crippen molar-refractivity contribution < 1.29 is 9.59 Å². The largest absolute Gasteiger partial charge is 0.345 e. The van der Waals surface area contributed by atoms with Gasteiger partial charge in [0.1, 0.15) is 0 Å². The third-order valence-corrected chi connectivity index (χ3v) is 5.99. The molecule has 0 unspecified atom stereocenters. The summed E-state index contributed by atoms with van der Waals surface area (Å²) >= 11 is 7.23. The monoisotopic (exact) mass is 483 g/mol. The lowest BCUT2D eigenvalue weighted by atomic mass is 10.0. The molecule has 0 aliphatic rings. The number of aromatic nitrogens is 3. The van der Waals surface area contributed by atoms with Crippen molar-refractivity contribution in [2.75, 3.05) is 11.1 Å². The second-order valence-electron chi connectivity index (χ2n) is 7.60. The van der Waals surface area contributed by atoms with Crippen LogP contribution in [0.3, 0.4) is 0 Å². The van der Waals surface area contributed by atoms with Crippen LogP contribution >= 0.6 is 23.4 Å². The normalized spacial score (nSPS) is 10.8. The molecule has 7 nitrogen and oxygen atoms in total. The standard InChI is InChI=1S/C24H26ClN5O2S/c1-4-12-30-21(14-26-23(32)18-6-5-7-19(25)13-18)28-29-24(30)33-15-22(31)27-20-10-8-17(9-11-20)16(2)3/h4-11,13,16H,1,12,14-15H2,2-3H3,(H,26,32)(H,27,31). The number of halogens is 1. The van der Waals surface area contributed by atoms with Gasteiger partial charge in [-0.05, 0) is 41.8 Å². The molecule has 2 N–H and O–H groups in total. The number of allylic oxidation sites excluding steroid dienone is 1. The van der Waals surface area contributed by atoms with Crippen molar-refractivity contribution in [1.82, 2.24) is 20.1 Å². The highest BCUT2D eigenvalue weighted by molar-refractivity contribution is 7.99. The van der Waals surface area contributed by atoms with Crippen molar-refractivity contribution in [3.63, 3.8) is 0 Å². The van der Waals surface area contributed by atoms with Crippen LogP contribution in [0.25, 0.3) is 0 Å². The maximum atomic E-state index is 12.4. The summed E-state index contributed by atoms with van der Waals surface area (Å²) in [6, 6.07) is 14.5. The smallest absolute Gasteiger partial charge is 0.251 e. The van der Waals surface area contributed by atoms with E-state index in [4.69, 9.17) is 11.6 Å². The first-order valence-corrected chi connectivity index (χ1v) is 11.8. The summed E-state index contributed by atoms with van der Waals surface area (Å²) in [6.07, 6.45) is 1.71. The van der Waals surface area contributed by atoms with Crippen LogP contribution in [0.5, 0.6) is 0 Å². The number of hydrogen-bond acceptors (Lipinski definition) is 5. The van der Waals surface area contributed by atoms with Crippen LogP contribution in [0, 0.1) is 0 Å². The summed E-state index contributed by atoms with van der Waals surface area (Å²) < 4.78 is 1.82. The molecular formula is C24H26ClN5O2S. The first-order chi connectivity index (χ1) is 15.9. The van der Waals surface area contributed by atoms with Crippen molar-refractivity contribution in [1.29, 1.82) is 0 Å². The van der Waals surface area contributed by atoms with Crippen LogP contribution in [0.2, 0.25) is 5.02 Å². The predicted molar refractivity (Wildman–Crippen MR) is 133 cm³/mol. The molecule has 0 fully saturated rings. The number of nitrogens with one attached hydrogen (secondary N) is 2. The van der Waals surface area contributed by atoms with E-state index in [9.17, 15) is 9.59 Å². The quantitative estimate of drug-likeness (QED) is 0.316. The van der Waals surface area contributed by atoms with Gasteiger partial charge in [0.15, 0.2) is 11.0 Å². The number of benzene rings is 2. The molecule has 0 aliphatic heterocycles. The number of carbonyl (C=O) groups is 2. The first kappa shape index (κ1) is 24.5. The molecule has 3 aromatic rings. The number of carbonyl (C=O) groups excluding carboxylic acids is 2. The summed E-state index contributed by atoms with van der Waals surface area (Å²) in [7, 11) is 0. The molecule has 2 aromatic carbocycles. The average Bonchev–Trinajstić information content (AvgIpc) is 3.18. The Morgan fingerprint density at radius 2 is 1.94 bits per heavy atom. The van der Waals surface area contributed by atoms with E-state index in [1.54, 1.807) is 30.3 Å². The Labute approximate surface area is 202 Å². The van der Waals surface area contributed by atoms with Gasteiger partial charge in [-0.1, -0.05) is 61.5 Å². The number of amides is 2. The van der Waals surface area contributed by atoms with E-state index in [0.29, 0.717) is 34.0 Å². The summed E-state index contributed by atoms with van der Waals surface area (Å²) in [6.45, 7) is 8.66. The molecule has 33 heavy (non-hydrogen) atoms. The zero-order valence-electron chi connectivity index (χ0n) is 18.5. The Hall–Kier alpha value is -3.10. The van der Waals surface area contributed by atoms with Gasteiger partial charge < -0.3 is 15.2 Å². The van der Waals surface area contributed by atoms with Gasteiger partial charge in [0.2, 0.25) is 5.91 Å². The van der Waals surface area contributed by atoms with E-state index in [1.165, 1.54) is 17.3 Å². The topological polar surface area (TPSA) is 88.9 Å². The van der Waals surface area contributed by atoms with Gasteiger partial charge in [-0.3, -0.25) is 9.59 Å². The van der Waals surface area contributed by atoms with Crippen molar-refractivity contribution in [3.8, 4) is 0 Å². The maximum absolute atomic E-state index is 12.4. The molecule has 0 spiro atoms. The van der Waals surface area contributed by atoms with E-state index in [1.807, 2.05) is 28.8 Å². The lowest BCUT2D eigenvalue weighted by Crippen LogP contribution is -2.24. The van der Waals surface area contributed by atoms with Crippen molar-refractivity contribution >= 4 is 40.9 Å². The second-order valence-corrected chi connectivity index (χ2v) is 8.98. The maximum Gasteiger partial charge on any atom is 0.251 e. The van der Waals surface area contributed by atoms with Gasteiger partial charge in [0.25, 0.3) is 5.91 Å². The fraction of sp³-hybridized carbons (Fsp3) is 0.250. The minimum atomic E-state index is -0.261. The summed E-state index contributed by atoms with van der Waals surface area (Å²) in [4.78, 5) is 24.8. The van der Waals surface area contributed by atoms with Crippen LogP contribution in [0.1, 0.15) is 41.5 Å². The Morgan fingerprint density at radius 3 is 2.61 bits per heavy atom. The molecule has 1 aromatic heterocycles. The first-order valence-electron chi connectivity index (χ1n) is 10.5. The molecule has 1 heterocycles. The van der Waals surface area contributed by atoms with Gasteiger partial charge in [-0.15, -0.1) is 16.8 Å². The van der Waals surface area contributed by atoms with E-state index in [0.717, 1.165) is 5.69 Å². The van der Waals surface area contributed by atoms with Crippen LogP contribution in [-0.2, 0) is 17.9 Å². The zero-order chi connectivity index (χ0) is 23.8. The fourth-order valence-corrected chi connectivity index (χ4v) is 4.00. The summed E-state index contributed by atoms with van der Waals surface area (Å²) in [5.74, 6) is 0.781. The number of rotatable bonds is 10. The highest BCUT2D eigenvalue weighted by atomic mass is 35.5. The molecule has 0 radical (unpaired) electrons. The predicted octanol–water partition coefficient (Wildman–Crippen LogP) is 4.90. The van der Waals surface area contributed by atoms with Gasteiger partial charge in [-0.2, -0.15) is 0 Å². The number of thioether (sulfide) groups is 1. The summed E-state index contributed by atoms with van der Waals surface area (Å²) in [5, 5.41) is 15.1. The van der Waals surface area contributed by atoms with Crippen LogP contribution in [0.15, 0.2) is 66.3 Å². The molecule has 2 amide bonds. The molecule has 0 saturated heterocycles. The van der Waals surface area contributed by atoms with Crippen LogP contribution in [-0.4, -0.2) is 32.3 Å². The lowest BCUT2D eigenvalue weighted by Gasteiger charge is -2.10. The van der Waals surface area contributed by atoms with E-state index in [2.05, 4.69) is 41.3 Å². The summed E-state index contributed by atoms with van der Waals surface area (Å²) in [5.41, 5.74) is 2.43. The number of anilines is 1. The van der Waals surface area contributed by atoms with Crippen molar-refractivity contribution in [2.45, 2.75) is 38.0 Å². The third kappa shape index (κ3) is 6.94. The Bertz CT molecular complexity index is 1130. The molecule has 172 valence electrons. The molecule has 0 saturated carbocycles. The third-order valence-electron chi connectivity index (χ3n) is 4.79. The molecule has 3 rings (SSSR count). The number of hydrogen-bond donors (Lipinski definition) is 2. The zero-order valence-corrected chi connectivity index (χ0v) is 20.1. The minimum absolute atomic E-state index is 0.138. The highest BCUT2D eigenvalue weighted by Gasteiger charge is 2.15. The van der Waals surface area contributed by atoms with E-state index < -0.39 is 0 Å². The molecule has 9 heteroatoms. The van der Waals surface area contributed by atoms with Gasteiger partial charge in [0, 0.05) is 22.8 Å². The van der Waals surface area contributed by atoms with Gasteiger partial charge in [-0.25, -0.2) is 0 Å². The van der Waals surface area contributed by atoms with E-state index >= 15 is 0 Å². The Balaban J connectivity index is 1.58. The lowest BCUT2D eigenvalue weighted by molar-refractivity contribution is -0.113. The van der Waals surface area contributed by atoms with Gasteiger partial charge in [0.05, 0.1) is 12.3 Å². The molecule has 0 atom stereocenters. The van der Waals surface area contributed by atoms with Crippen LogP contribution in [0.4, 0.5) is 5.69 Å². The fourth-order valence-electron chi connectivity index (χ4n) is 3.04. The van der Waals surface area contributed by atoms with Crippen molar-refractivity contribution in [2.24, 2.45) is 0 Å². The van der Waals surface area contributed by atoms with Crippen molar-refractivity contribution in [3.05, 3.63) is 83.2 Å². The van der Waals surface area contributed by atoms with E-state index in [-0.39, 0.29) is 24.1 Å². The molecule has 0 aliphatic carbocycles. The Morgan fingerprint density at radius 1 is 1.18 bits per heavy atom. The number of nitrogens with zero attached hydrogens (tertiary/aromatic N) is 3. The average molecular weight is 484 g/mol. The van der Waals surface area contributed by atoms with Crippen LogP contribution < -0.4 is 10.6 Å².